The van der Waals surface area contributed by atoms with Crippen molar-refractivity contribution >= 4 is 23.0 Å². The third-order valence-electron chi connectivity index (χ3n) is 1.08. The maximum atomic E-state index is 5.75. The van der Waals surface area contributed by atoms with Crippen molar-refractivity contribution in [2.24, 2.45) is 4.99 Å². The molecule has 1 rings (SSSR count). The number of aromatic nitrogens is 1. The molecule has 0 fully saturated rings. The molecule has 3 heteroatoms. The average molecular weight is 169 g/mol. The first-order chi connectivity index (χ1) is 5.20. The molecule has 58 valence electrons. The van der Waals surface area contributed by atoms with Crippen LogP contribution in [0, 0.1) is 0 Å². The lowest BCUT2D eigenvalue weighted by atomic mass is 10.4. The fourth-order valence-corrected chi connectivity index (χ4v) is 0.863. The van der Waals surface area contributed by atoms with Gasteiger partial charge in [0.15, 0.2) is 5.15 Å². The highest BCUT2D eigenvalue weighted by Crippen LogP contribution is 2.20. The first kappa shape index (κ1) is 8.21. The first-order valence-corrected chi connectivity index (χ1v) is 3.70. The van der Waals surface area contributed by atoms with E-state index in [2.05, 4.69) is 9.98 Å². The Bertz CT molecular complexity index is 277. The molecule has 1 heterocycles. The number of nitrogens with zero attached hydrogens (tertiary/aromatic N) is 2. The van der Waals surface area contributed by atoms with Crippen LogP contribution in [0.2, 0.25) is 5.15 Å². The van der Waals surface area contributed by atoms with Gasteiger partial charge in [-0.25, -0.2) is 4.98 Å². The molecule has 0 bridgehead atoms. The minimum atomic E-state index is 0.453. The molecule has 0 aliphatic heterocycles. The summed E-state index contributed by atoms with van der Waals surface area (Å²) >= 11 is 5.75. The Morgan fingerprint density at radius 1 is 1.55 bits per heavy atom. The minimum Gasteiger partial charge on any atom is -0.255 e. The second-order valence-corrected chi connectivity index (χ2v) is 2.73. The van der Waals surface area contributed by atoms with Gasteiger partial charge < -0.3 is 0 Å². The maximum absolute atomic E-state index is 5.75. The molecule has 0 aliphatic rings. The van der Waals surface area contributed by atoms with Crippen LogP contribution in [0.15, 0.2) is 23.3 Å². The van der Waals surface area contributed by atoms with Crippen molar-refractivity contribution in [2.45, 2.75) is 13.8 Å². The molecule has 0 saturated carbocycles. The largest absolute Gasteiger partial charge is 0.255 e. The van der Waals surface area contributed by atoms with Gasteiger partial charge in [0.1, 0.15) is 5.69 Å². The van der Waals surface area contributed by atoms with Crippen LogP contribution in [0.5, 0.6) is 0 Å². The van der Waals surface area contributed by atoms with Crippen molar-refractivity contribution in [3.05, 3.63) is 23.5 Å². The van der Waals surface area contributed by atoms with Gasteiger partial charge in [-0.3, -0.25) is 4.99 Å². The van der Waals surface area contributed by atoms with E-state index in [1.54, 1.807) is 6.20 Å². The lowest BCUT2D eigenvalue weighted by Crippen LogP contribution is -1.80. The van der Waals surface area contributed by atoms with Crippen LogP contribution in [0.25, 0.3) is 0 Å². The molecule has 0 radical (unpaired) electrons. The van der Waals surface area contributed by atoms with Gasteiger partial charge in [0.05, 0.1) is 0 Å². The van der Waals surface area contributed by atoms with Crippen molar-refractivity contribution < 1.29 is 0 Å². The van der Waals surface area contributed by atoms with E-state index in [9.17, 15) is 0 Å². The van der Waals surface area contributed by atoms with E-state index in [0.717, 1.165) is 11.4 Å². The molecule has 1 aromatic heterocycles. The fraction of sp³-hybridized carbons (Fsp3) is 0.250. The summed E-state index contributed by atoms with van der Waals surface area (Å²) in [5.41, 5.74) is 1.70. The molecular formula is C8H9ClN2. The van der Waals surface area contributed by atoms with Crippen LogP contribution >= 0.6 is 11.6 Å². The van der Waals surface area contributed by atoms with Gasteiger partial charge in [-0.2, -0.15) is 0 Å². The number of pyridine rings is 1. The van der Waals surface area contributed by atoms with Gasteiger partial charge in [-0.1, -0.05) is 11.6 Å². The number of aliphatic imine (C=N–C) groups is 1. The van der Waals surface area contributed by atoms with Gasteiger partial charge in [0.2, 0.25) is 0 Å². The smallest absolute Gasteiger partial charge is 0.154 e. The summed E-state index contributed by atoms with van der Waals surface area (Å²) in [5, 5.41) is 0.453. The Morgan fingerprint density at radius 3 is 2.82 bits per heavy atom. The summed E-state index contributed by atoms with van der Waals surface area (Å²) in [5.74, 6) is 0. The third-order valence-corrected chi connectivity index (χ3v) is 1.37. The Morgan fingerprint density at radius 2 is 2.27 bits per heavy atom. The second kappa shape index (κ2) is 3.49. The van der Waals surface area contributed by atoms with Crippen LogP contribution in [-0.2, 0) is 0 Å². The molecule has 0 atom stereocenters. The van der Waals surface area contributed by atoms with Crippen molar-refractivity contribution in [1.29, 1.82) is 0 Å². The molecule has 0 N–H and O–H groups in total. The summed E-state index contributed by atoms with van der Waals surface area (Å²) in [6, 6.07) is 3.65. The van der Waals surface area contributed by atoms with E-state index in [4.69, 9.17) is 11.6 Å². The molecule has 2 nitrogen and oxygen atoms in total. The van der Waals surface area contributed by atoms with Gasteiger partial charge in [0, 0.05) is 11.9 Å². The molecule has 0 aromatic carbocycles. The highest BCUT2D eigenvalue weighted by atomic mass is 35.5. The van der Waals surface area contributed by atoms with Gasteiger partial charge >= 0.3 is 0 Å². The number of hydrogen-bond donors (Lipinski definition) is 0. The zero-order chi connectivity index (χ0) is 8.27. The summed E-state index contributed by atoms with van der Waals surface area (Å²) < 4.78 is 0. The lowest BCUT2D eigenvalue weighted by Gasteiger charge is -1.95. The summed E-state index contributed by atoms with van der Waals surface area (Å²) in [6.45, 7) is 3.84. The van der Waals surface area contributed by atoms with Crippen LogP contribution in [0.1, 0.15) is 13.8 Å². The number of rotatable bonds is 1. The SMILES string of the molecule is CC(C)=Nc1cccnc1Cl. The van der Waals surface area contributed by atoms with Crippen LogP contribution in [0.4, 0.5) is 5.69 Å². The van der Waals surface area contributed by atoms with E-state index in [1.807, 2.05) is 26.0 Å². The first-order valence-electron chi connectivity index (χ1n) is 3.32. The van der Waals surface area contributed by atoms with Gasteiger partial charge in [0.25, 0.3) is 0 Å². The Kier molecular flexibility index (Phi) is 2.60. The molecule has 1 aromatic rings. The highest BCUT2D eigenvalue weighted by molar-refractivity contribution is 6.31. The molecule has 11 heavy (non-hydrogen) atoms. The molecular weight excluding hydrogens is 160 g/mol. The number of halogens is 1. The summed E-state index contributed by atoms with van der Waals surface area (Å²) in [4.78, 5) is 8.07. The molecule has 0 aliphatic carbocycles. The van der Waals surface area contributed by atoms with Crippen molar-refractivity contribution in [3.8, 4) is 0 Å². The predicted octanol–water partition coefficient (Wildman–Crippen LogP) is 2.85. The standard InChI is InChI=1S/C8H9ClN2/c1-6(2)11-7-4-3-5-10-8(7)9/h3-5H,1-2H3. The molecule has 0 amide bonds. The molecule has 0 spiro atoms. The van der Waals surface area contributed by atoms with Crippen molar-refractivity contribution in [3.63, 3.8) is 0 Å². The monoisotopic (exact) mass is 168 g/mol. The maximum Gasteiger partial charge on any atom is 0.154 e. The topological polar surface area (TPSA) is 25.2 Å². The zero-order valence-electron chi connectivity index (χ0n) is 6.50. The Labute approximate surface area is 70.9 Å². The normalized spacial score (nSPS) is 9.36. The predicted molar refractivity (Wildman–Crippen MR) is 47.7 cm³/mol. The van der Waals surface area contributed by atoms with E-state index in [0.29, 0.717) is 5.15 Å². The van der Waals surface area contributed by atoms with E-state index < -0.39 is 0 Å². The lowest BCUT2D eigenvalue weighted by molar-refractivity contribution is 1.30. The summed E-state index contributed by atoms with van der Waals surface area (Å²) in [7, 11) is 0. The van der Waals surface area contributed by atoms with E-state index in [-0.39, 0.29) is 0 Å². The van der Waals surface area contributed by atoms with Crippen LogP contribution in [0.3, 0.4) is 0 Å². The third kappa shape index (κ3) is 2.31. The van der Waals surface area contributed by atoms with Crippen LogP contribution in [-0.4, -0.2) is 10.7 Å². The van der Waals surface area contributed by atoms with Crippen LogP contribution < -0.4 is 0 Å². The quantitative estimate of drug-likeness (QED) is 0.468. The fourth-order valence-electron chi connectivity index (χ4n) is 0.702. The van der Waals surface area contributed by atoms with Crippen molar-refractivity contribution in [2.75, 3.05) is 0 Å². The summed E-state index contributed by atoms with van der Waals surface area (Å²) in [6.07, 6.45) is 1.65. The molecule has 0 saturated heterocycles. The van der Waals surface area contributed by atoms with Gasteiger partial charge in [-0.15, -0.1) is 0 Å². The Balaban J connectivity index is 3.04. The Hall–Kier alpha value is -0.890. The zero-order valence-corrected chi connectivity index (χ0v) is 7.26. The van der Waals surface area contributed by atoms with Crippen molar-refractivity contribution in [1.82, 2.24) is 4.98 Å². The van der Waals surface area contributed by atoms with Gasteiger partial charge in [-0.05, 0) is 26.0 Å². The number of hydrogen-bond acceptors (Lipinski definition) is 2. The highest BCUT2D eigenvalue weighted by Gasteiger charge is 1.95. The second-order valence-electron chi connectivity index (χ2n) is 2.37. The minimum absolute atomic E-state index is 0.453. The average Bonchev–Trinajstić information content (AvgIpc) is 1.93. The van der Waals surface area contributed by atoms with E-state index >= 15 is 0 Å². The molecule has 0 unspecified atom stereocenters. The van der Waals surface area contributed by atoms with E-state index in [1.165, 1.54) is 0 Å².